The highest BCUT2D eigenvalue weighted by Gasteiger charge is 2.32. The summed E-state index contributed by atoms with van der Waals surface area (Å²) in [5.41, 5.74) is 1.76. The van der Waals surface area contributed by atoms with Crippen LogP contribution < -0.4 is 0 Å². The minimum atomic E-state index is -0.101. The summed E-state index contributed by atoms with van der Waals surface area (Å²) in [5, 5.41) is 4.03. The fourth-order valence-corrected chi connectivity index (χ4v) is 2.54. The molecule has 90 valence electrons. The Hall–Kier alpha value is -1.58. The Labute approximate surface area is 99.9 Å². The molecule has 0 aromatic heterocycles. The smallest absolute Gasteiger partial charge is 0.145 e. The standard InChI is InChI=1S/C13H15FN2O/c1-9-2-3-11(12(14)6-9)10-7-13-15-17-5-4-16(13)8-10/h2-3,6,10H,4-5,7-8H2,1H3. The summed E-state index contributed by atoms with van der Waals surface area (Å²) < 4.78 is 13.9. The maximum Gasteiger partial charge on any atom is 0.145 e. The van der Waals surface area contributed by atoms with Gasteiger partial charge in [-0.2, -0.15) is 0 Å². The molecule has 1 aromatic rings. The van der Waals surface area contributed by atoms with Crippen molar-refractivity contribution in [1.82, 2.24) is 4.90 Å². The summed E-state index contributed by atoms with van der Waals surface area (Å²) in [5.74, 6) is 1.06. The largest absolute Gasteiger partial charge is 0.392 e. The van der Waals surface area contributed by atoms with Gasteiger partial charge in [-0.05, 0) is 24.1 Å². The van der Waals surface area contributed by atoms with Crippen molar-refractivity contribution < 1.29 is 9.23 Å². The molecule has 1 unspecified atom stereocenters. The zero-order valence-corrected chi connectivity index (χ0v) is 9.82. The zero-order valence-electron chi connectivity index (χ0n) is 9.82. The van der Waals surface area contributed by atoms with Gasteiger partial charge in [-0.15, -0.1) is 0 Å². The van der Waals surface area contributed by atoms with Crippen molar-refractivity contribution in [3.8, 4) is 0 Å². The normalized spacial score (nSPS) is 23.1. The van der Waals surface area contributed by atoms with Crippen molar-refractivity contribution in [3.63, 3.8) is 0 Å². The van der Waals surface area contributed by atoms with E-state index < -0.39 is 0 Å². The molecule has 4 heteroatoms. The molecule has 2 aliphatic heterocycles. The second-order valence-electron chi connectivity index (χ2n) is 4.71. The van der Waals surface area contributed by atoms with Gasteiger partial charge in [0.2, 0.25) is 0 Å². The molecule has 17 heavy (non-hydrogen) atoms. The summed E-state index contributed by atoms with van der Waals surface area (Å²) in [7, 11) is 0. The van der Waals surface area contributed by atoms with Crippen molar-refractivity contribution in [2.75, 3.05) is 19.7 Å². The molecule has 3 rings (SSSR count). The molecular weight excluding hydrogens is 219 g/mol. The first-order chi connectivity index (χ1) is 8.24. The molecule has 0 radical (unpaired) electrons. The molecule has 0 saturated carbocycles. The second kappa shape index (κ2) is 4.02. The number of benzene rings is 1. The number of halogens is 1. The Balaban J connectivity index is 1.86. The molecule has 1 fully saturated rings. The van der Waals surface area contributed by atoms with Crippen LogP contribution in [0.1, 0.15) is 23.5 Å². The average molecular weight is 234 g/mol. The zero-order chi connectivity index (χ0) is 11.8. The molecule has 2 aliphatic rings. The van der Waals surface area contributed by atoms with Crippen molar-refractivity contribution in [2.45, 2.75) is 19.3 Å². The lowest BCUT2D eigenvalue weighted by Gasteiger charge is -2.21. The van der Waals surface area contributed by atoms with Gasteiger partial charge < -0.3 is 9.74 Å². The topological polar surface area (TPSA) is 24.8 Å². The van der Waals surface area contributed by atoms with Gasteiger partial charge in [0.25, 0.3) is 0 Å². The lowest BCUT2D eigenvalue weighted by molar-refractivity contribution is 0.106. The van der Waals surface area contributed by atoms with E-state index in [1.165, 1.54) is 0 Å². The number of hydrogen-bond donors (Lipinski definition) is 0. The number of aryl methyl sites for hydroxylation is 1. The Bertz CT molecular complexity index is 472. The van der Waals surface area contributed by atoms with E-state index in [-0.39, 0.29) is 11.7 Å². The summed E-state index contributed by atoms with van der Waals surface area (Å²) in [6.45, 7) is 4.25. The quantitative estimate of drug-likeness (QED) is 0.744. The first-order valence-electron chi connectivity index (χ1n) is 5.94. The molecule has 0 bridgehead atoms. The van der Waals surface area contributed by atoms with Crippen LogP contribution in [0.4, 0.5) is 4.39 Å². The Kier molecular flexibility index (Phi) is 2.50. The van der Waals surface area contributed by atoms with Crippen molar-refractivity contribution in [1.29, 1.82) is 0 Å². The van der Waals surface area contributed by atoms with Gasteiger partial charge in [-0.25, -0.2) is 4.39 Å². The van der Waals surface area contributed by atoms with E-state index in [2.05, 4.69) is 10.1 Å². The monoisotopic (exact) mass is 234 g/mol. The molecule has 0 aliphatic carbocycles. The van der Waals surface area contributed by atoms with E-state index in [4.69, 9.17) is 4.84 Å². The van der Waals surface area contributed by atoms with Gasteiger partial charge in [0.1, 0.15) is 18.3 Å². The van der Waals surface area contributed by atoms with Gasteiger partial charge in [-0.3, -0.25) is 0 Å². The van der Waals surface area contributed by atoms with Crippen LogP contribution in [0, 0.1) is 12.7 Å². The van der Waals surface area contributed by atoms with Gasteiger partial charge in [0.05, 0.1) is 6.54 Å². The molecule has 1 saturated heterocycles. The van der Waals surface area contributed by atoms with Crippen LogP contribution in [-0.4, -0.2) is 30.4 Å². The van der Waals surface area contributed by atoms with Crippen LogP contribution in [-0.2, 0) is 4.84 Å². The first-order valence-corrected chi connectivity index (χ1v) is 5.94. The summed E-state index contributed by atoms with van der Waals surface area (Å²) in [6, 6.07) is 5.47. The highest BCUT2D eigenvalue weighted by molar-refractivity contribution is 5.85. The van der Waals surface area contributed by atoms with Crippen LogP contribution in [0.2, 0.25) is 0 Å². The van der Waals surface area contributed by atoms with E-state index in [1.807, 2.05) is 19.1 Å². The van der Waals surface area contributed by atoms with Gasteiger partial charge >= 0.3 is 0 Å². The fraction of sp³-hybridized carbons (Fsp3) is 0.462. The van der Waals surface area contributed by atoms with E-state index >= 15 is 0 Å². The van der Waals surface area contributed by atoms with E-state index in [1.54, 1.807) is 6.07 Å². The fourth-order valence-electron chi connectivity index (χ4n) is 2.54. The Morgan fingerprint density at radius 2 is 2.35 bits per heavy atom. The Morgan fingerprint density at radius 1 is 1.47 bits per heavy atom. The van der Waals surface area contributed by atoms with E-state index in [9.17, 15) is 4.39 Å². The van der Waals surface area contributed by atoms with Crippen LogP contribution in [0.25, 0.3) is 0 Å². The number of amidine groups is 1. The molecule has 1 aromatic carbocycles. The number of nitrogens with zero attached hydrogens (tertiary/aromatic N) is 2. The number of fused-ring (bicyclic) bond motifs is 1. The highest BCUT2D eigenvalue weighted by atomic mass is 19.1. The van der Waals surface area contributed by atoms with Crippen molar-refractivity contribution in [3.05, 3.63) is 35.1 Å². The maximum atomic E-state index is 13.9. The summed E-state index contributed by atoms with van der Waals surface area (Å²) in [4.78, 5) is 7.26. The lowest BCUT2D eigenvalue weighted by Crippen LogP contribution is -2.32. The third-order valence-corrected chi connectivity index (χ3v) is 3.45. The van der Waals surface area contributed by atoms with Gasteiger partial charge in [0, 0.05) is 18.9 Å². The van der Waals surface area contributed by atoms with Gasteiger partial charge in [-0.1, -0.05) is 17.3 Å². The molecule has 2 heterocycles. The third kappa shape index (κ3) is 1.88. The van der Waals surface area contributed by atoms with Crippen molar-refractivity contribution in [2.24, 2.45) is 5.16 Å². The molecule has 0 N–H and O–H groups in total. The van der Waals surface area contributed by atoms with Crippen LogP contribution in [0.5, 0.6) is 0 Å². The maximum absolute atomic E-state index is 13.9. The first kappa shape index (κ1) is 10.6. The molecule has 3 nitrogen and oxygen atoms in total. The summed E-state index contributed by atoms with van der Waals surface area (Å²) in [6.07, 6.45) is 0.778. The molecule has 0 spiro atoms. The number of hydrogen-bond acceptors (Lipinski definition) is 3. The van der Waals surface area contributed by atoms with E-state index in [0.29, 0.717) is 6.61 Å². The van der Waals surface area contributed by atoms with Gasteiger partial charge in [0.15, 0.2) is 0 Å². The van der Waals surface area contributed by atoms with Crippen LogP contribution >= 0.6 is 0 Å². The minimum absolute atomic E-state index is 0.101. The predicted octanol–water partition coefficient (Wildman–Crippen LogP) is 2.27. The molecule has 1 atom stereocenters. The van der Waals surface area contributed by atoms with E-state index in [0.717, 1.165) is 36.5 Å². The SMILES string of the molecule is Cc1ccc(C2CC3=NOCCN3C2)c(F)c1. The average Bonchev–Trinajstić information content (AvgIpc) is 2.72. The minimum Gasteiger partial charge on any atom is -0.392 e. The third-order valence-electron chi connectivity index (χ3n) is 3.45. The highest BCUT2D eigenvalue weighted by Crippen LogP contribution is 2.31. The molecule has 0 amide bonds. The number of rotatable bonds is 1. The predicted molar refractivity (Wildman–Crippen MR) is 63.5 cm³/mol. The number of oxime groups is 1. The van der Waals surface area contributed by atoms with Crippen LogP contribution in [0.3, 0.4) is 0 Å². The van der Waals surface area contributed by atoms with Crippen LogP contribution in [0.15, 0.2) is 23.4 Å². The summed E-state index contributed by atoms with van der Waals surface area (Å²) >= 11 is 0. The molecular formula is C13H15FN2O. The second-order valence-corrected chi connectivity index (χ2v) is 4.71. The van der Waals surface area contributed by atoms with Crippen molar-refractivity contribution >= 4 is 5.84 Å². The lowest BCUT2D eigenvalue weighted by atomic mass is 9.96. The Morgan fingerprint density at radius 3 is 3.12 bits per heavy atom.